The molecule has 0 N–H and O–H groups in total. The number of aromatic nitrogens is 4. The van der Waals surface area contributed by atoms with Crippen LogP contribution in [0.25, 0.3) is 15.9 Å². The Morgan fingerprint density at radius 1 is 1.15 bits per heavy atom. The lowest BCUT2D eigenvalue weighted by Gasteiger charge is -2.10. The van der Waals surface area contributed by atoms with E-state index in [4.69, 9.17) is 4.98 Å². The van der Waals surface area contributed by atoms with Crippen LogP contribution in [0.1, 0.15) is 29.1 Å². The summed E-state index contributed by atoms with van der Waals surface area (Å²) in [6.07, 6.45) is 6.00. The lowest BCUT2D eigenvalue weighted by molar-refractivity contribution is 0.670. The minimum atomic E-state index is 0.0394. The van der Waals surface area contributed by atoms with Crippen molar-refractivity contribution in [2.24, 2.45) is 0 Å². The van der Waals surface area contributed by atoms with Gasteiger partial charge in [-0.3, -0.25) is 9.20 Å². The van der Waals surface area contributed by atoms with E-state index in [-0.39, 0.29) is 5.56 Å². The summed E-state index contributed by atoms with van der Waals surface area (Å²) in [5, 5.41) is 1.95. The van der Waals surface area contributed by atoms with Gasteiger partial charge in [0.2, 0.25) is 0 Å². The van der Waals surface area contributed by atoms with E-state index in [0.29, 0.717) is 5.75 Å². The minimum absolute atomic E-state index is 0.0394. The number of nitrogens with zero attached hydrogens (tertiary/aromatic N) is 4. The summed E-state index contributed by atoms with van der Waals surface area (Å²) in [6.45, 7) is 0. The summed E-state index contributed by atoms with van der Waals surface area (Å²) < 4.78 is 1.81. The van der Waals surface area contributed by atoms with Crippen LogP contribution in [0.2, 0.25) is 0 Å². The van der Waals surface area contributed by atoms with E-state index in [0.717, 1.165) is 45.8 Å². The largest absolute Gasteiger partial charge is 0.269 e. The van der Waals surface area contributed by atoms with Gasteiger partial charge in [-0.15, -0.1) is 11.3 Å². The molecule has 0 aliphatic heterocycles. The van der Waals surface area contributed by atoms with Crippen molar-refractivity contribution in [1.82, 2.24) is 19.4 Å². The fourth-order valence-electron chi connectivity index (χ4n) is 3.45. The molecule has 1 aromatic carbocycles. The third-order valence-corrected chi connectivity index (χ3v) is 6.86. The highest BCUT2D eigenvalue weighted by Gasteiger charge is 2.18. The zero-order chi connectivity index (χ0) is 17.5. The predicted molar refractivity (Wildman–Crippen MR) is 105 cm³/mol. The Hall–Kier alpha value is -2.25. The second-order valence-corrected chi connectivity index (χ2v) is 8.39. The molecule has 0 bridgehead atoms. The van der Waals surface area contributed by atoms with E-state index in [9.17, 15) is 4.79 Å². The SMILES string of the molecule is O=c1cc(CSc2ncnc3ccccc23)nc2sc3c(n12)CCCC3. The van der Waals surface area contributed by atoms with Crippen molar-refractivity contribution in [1.29, 1.82) is 0 Å². The van der Waals surface area contributed by atoms with Crippen molar-refractivity contribution >= 4 is 39.0 Å². The van der Waals surface area contributed by atoms with Crippen molar-refractivity contribution < 1.29 is 0 Å². The van der Waals surface area contributed by atoms with E-state index >= 15 is 0 Å². The third-order valence-electron chi connectivity index (χ3n) is 4.68. The van der Waals surface area contributed by atoms with Gasteiger partial charge in [0.25, 0.3) is 5.56 Å². The van der Waals surface area contributed by atoms with E-state index < -0.39 is 0 Å². The molecule has 0 radical (unpaired) electrons. The number of para-hydroxylation sites is 1. The molecule has 0 amide bonds. The number of thioether (sulfide) groups is 1. The van der Waals surface area contributed by atoms with Crippen LogP contribution in [0.5, 0.6) is 0 Å². The maximum atomic E-state index is 12.7. The molecule has 3 aromatic heterocycles. The Morgan fingerprint density at radius 3 is 3.00 bits per heavy atom. The van der Waals surface area contributed by atoms with Crippen molar-refractivity contribution in [3.8, 4) is 0 Å². The van der Waals surface area contributed by atoms with Crippen molar-refractivity contribution in [3.05, 3.63) is 63.3 Å². The predicted octanol–water partition coefficient (Wildman–Crippen LogP) is 3.87. The molecule has 3 heterocycles. The van der Waals surface area contributed by atoms with Gasteiger partial charge >= 0.3 is 0 Å². The van der Waals surface area contributed by atoms with Crippen LogP contribution >= 0.6 is 23.1 Å². The molecule has 4 aromatic rings. The highest BCUT2D eigenvalue weighted by atomic mass is 32.2. The average molecular weight is 380 g/mol. The molecule has 130 valence electrons. The summed E-state index contributed by atoms with van der Waals surface area (Å²) in [5.74, 6) is 0.620. The second-order valence-electron chi connectivity index (χ2n) is 6.37. The molecule has 5 rings (SSSR count). The Morgan fingerprint density at radius 2 is 2.04 bits per heavy atom. The molecular formula is C19H16N4OS2. The molecule has 1 aliphatic carbocycles. The quantitative estimate of drug-likeness (QED) is 0.399. The highest BCUT2D eigenvalue weighted by molar-refractivity contribution is 7.98. The number of hydrogen-bond acceptors (Lipinski definition) is 6. The van der Waals surface area contributed by atoms with Crippen LogP contribution in [0.15, 0.2) is 46.5 Å². The molecule has 0 saturated heterocycles. The summed E-state index contributed by atoms with van der Waals surface area (Å²) >= 11 is 3.27. The Labute approximate surface area is 158 Å². The third kappa shape index (κ3) is 2.71. The van der Waals surface area contributed by atoms with Crippen LogP contribution in [-0.4, -0.2) is 19.4 Å². The maximum absolute atomic E-state index is 12.7. The molecule has 0 unspecified atom stereocenters. The number of hydrogen-bond donors (Lipinski definition) is 0. The Balaban J connectivity index is 1.49. The fraction of sp³-hybridized carbons (Fsp3) is 0.263. The maximum Gasteiger partial charge on any atom is 0.259 e. The topological polar surface area (TPSA) is 60.2 Å². The normalized spacial score (nSPS) is 14.0. The second kappa shape index (κ2) is 6.48. The van der Waals surface area contributed by atoms with Gasteiger partial charge in [-0.2, -0.15) is 0 Å². The van der Waals surface area contributed by atoms with E-state index in [2.05, 4.69) is 9.97 Å². The standard InChI is InChI=1S/C19H16N4OS2/c24-17-9-12(22-19-23(17)15-7-3-4-8-16(15)26-19)10-25-18-13-5-1-2-6-14(13)20-11-21-18/h1-2,5-6,9,11H,3-4,7-8,10H2. The van der Waals surface area contributed by atoms with Gasteiger partial charge in [0.05, 0.1) is 11.2 Å². The van der Waals surface area contributed by atoms with Crippen LogP contribution in [0.4, 0.5) is 0 Å². The number of fused-ring (bicyclic) bond motifs is 4. The highest BCUT2D eigenvalue weighted by Crippen LogP contribution is 2.30. The molecule has 1 aliphatic rings. The Kier molecular flexibility index (Phi) is 3.98. The van der Waals surface area contributed by atoms with Gasteiger partial charge in [0.15, 0.2) is 4.96 Å². The van der Waals surface area contributed by atoms with Gasteiger partial charge in [-0.1, -0.05) is 30.0 Å². The summed E-state index contributed by atoms with van der Waals surface area (Å²) in [5.41, 5.74) is 2.95. The van der Waals surface area contributed by atoms with Gasteiger partial charge in [-0.25, -0.2) is 15.0 Å². The van der Waals surface area contributed by atoms with Crippen molar-refractivity contribution in [2.75, 3.05) is 0 Å². The van der Waals surface area contributed by atoms with E-state index in [1.54, 1.807) is 35.5 Å². The molecule has 0 atom stereocenters. The molecule has 0 fully saturated rings. The van der Waals surface area contributed by atoms with Gasteiger partial charge < -0.3 is 0 Å². The summed E-state index contributed by atoms with van der Waals surface area (Å²) in [6, 6.07) is 9.64. The van der Waals surface area contributed by atoms with E-state index in [1.165, 1.54) is 17.0 Å². The lowest BCUT2D eigenvalue weighted by Crippen LogP contribution is -2.17. The van der Waals surface area contributed by atoms with Crippen molar-refractivity contribution in [3.63, 3.8) is 0 Å². The van der Waals surface area contributed by atoms with Crippen LogP contribution in [0, 0.1) is 0 Å². The number of aryl methyl sites for hydroxylation is 2. The van der Waals surface area contributed by atoms with Gasteiger partial charge in [0, 0.05) is 27.8 Å². The minimum Gasteiger partial charge on any atom is -0.269 e. The Bertz CT molecular complexity index is 1180. The monoisotopic (exact) mass is 380 g/mol. The van der Waals surface area contributed by atoms with Crippen LogP contribution in [-0.2, 0) is 18.6 Å². The number of thiazole rings is 1. The van der Waals surface area contributed by atoms with Crippen molar-refractivity contribution in [2.45, 2.75) is 36.5 Å². The molecule has 26 heavy (non-hydrogen) atoms. The first-order chi connectivity index (χ1) is 12.8. The number of benzene rings is 1. The zero-order valence-corrected chi connectivity index (χ0v) is 15.6. The summed E-state index contributed by atoms with van der Waals surface area (Å²) in [4.78, 5) is 28.3. The van der Waals surface area contributed by atoms with Gasteiger partial charge in [-0.05, 0) is 31.7 Å². The molecule has 5 nitrogen and oxygen atoms in total. The van der Waals surface area contributed by atoms with E-state index in [1.807, 2.05) is 28.7 Å². The number of rotatable bonds is 3. The first kappa shape index (κ1) is 16.0. The zero-order valence-electron chi connectivity index (χ0n) is 14.0. The van der Waals surface area contributed by atoms with Crippen LogP contribution in [0.3, 0.4) is 0 Å². The molecule has 0 spiro atoms. The fourth-order valence-corrected chi connectivity index (χ4v) is 5.57. The molecule has 7 heteroatoms. The molecule has 0 saturated carbocycles. The van der Waals surface area contributed by atoms with Gasteiger partial charge in [0.1, 0.15) is 11.4 Å². The lowest BCUT2D eigenvalue weighted by atomic mass is 10.0. The smallest absolute Gasteiger partial charge is 0.259 e. The first-order valence-corrected chi connectivity index (χ1v) is 10.5. The molecular weight excluding hydrogens is 364 g/mol. The average Bonchev–Trinajstić information content (AvgIpc) is 3.05. The van der Waals surface area contributed by atoms with Crippen LogP contribution < -0.4 is 5.56 Å². The summed E-state index contributed by atoms with van der Waals surface area (Å²) in [7, 11) is 0. The first-order valence-electron chi connectivity index (χ1n) is 8.65.